The van der Waals surface area contributed by atoms with Gasteiger partial charge in [0.25, 0.3) is 0 Å². The number of methoxy groups -OCH3 is 1. The maximum atomic E-state index is 11.6. The summed E-state index contributed by atoms with van der Waals surface area (Å²) in [5, 5.41) is 0. The summed E-state index contributed by atoms with van der Waals surface area (Å²) in [5.74, 6) is 0.252. The van der Waals surface area contributed by atoms with Crippen molar-refractivity contribution < 1.29 is 19.0 Å². The summed E-state index contributed by atoms with van der Waals surface area (Å²) in [6.07, 6.45) is 1.82. The van der Waals surface area contributed by atoms with E-state index in [0.29, 0.717) is 13.0 Å². The molecule has 19 heavy (non-hydrogen) atoms. The standard InChI is InChI=1S/C15H18O4/c1-3-14-13(15(16)17-2)9-12(19-14)10-18-11-7-5-4-6-8-11/h3-8,12-14H,1,9-10H2,2H3/t12-,13+,14-/m1/s1. The molecule has 1 aliphatic heterocycles. The van der Waals surface area contributed by atoms with Crippen molar-refractivity contribution in [1.82, 2.24) is 0 Å². The highest BCUT2D eigenvalue weighted by molar-refractivity contribution is 5.73. The summed E-state index contributed by atoms with van der Waals surface area (Å²) in [4.78, 5) is 11.6. The van der Waals surface area contributed by atoms with Crippen LogP contribution in [0.2, 0.25) is 0 Å². The van der Waals surface area contributed by atoms with E-state index in [1.807, 2.05) is 30.3 Å². The number of para-hydroxylation sites is 1. The Balaban J connectivity index is 1.89. The predicted octanol–water partition coefficient (Wildman–Crippen LogP) is 2.20. The Labute approximate surface area is 113 Å². The molecule has 0 amide bonds. The molecule has 102 valence electrons. The van der Waals surface area contributed by atoms with Gasteiger partial charge in [0.1, 0.15) is 12.4 Å². The number of hydrogen-bond acceptors (Lipinski definition) is 4. The average Bonchev–Trinajstić information content (AvgIpc) is 2.88. The Hall–Kier alpha value is -1.81. The average molecular weight is 262 g/mol. The Bertz CT molecular complexity index is 429. The highest BCUT2D eigenvalue weighted by atomic mass is 16.6. The summed E-state index contributed by atoms with van der Waals surface area (Å²) < 4.78 is 16.1. The molecule has 0 N–H and O–H groups in total. The molecule has 1 heterocycles. The van der Waals surface area contributed by atoms with Gasteiger partial charge in [-0.05, 0) is 18.6 Å². The largest absolute Gasteiger partial charge is 0.491 e. The van der Waals surface area contributed by atoms with Crippen LogP contribution in [0.25, 0.3) is 0 Å². The van der Waals surface area contributed by atoms with E-state index < -0.39 is 0 Å². The predicted molar refractivity (Wildman–Crippen MR) is 70.9 cm³/mol. The van der Waals surface area contributed by atoms with Gasteiger partial charge in [0.05, 0.1) is 25.2 Å². The molecule has 1 aromatic carbocycles. The minimum Gasteiger partial charge on any atom is -0.491 e. The first kappa shape index (κ1) is 13.6. The zero-order valence-corrected chi connectivity index (χ0v) is 11.0. The fourth-order valence-electron chi connectivity index (χ4n) is 2.20. The number of esters is 1. The van der Waals surface area contributed by atoms with E-state index in [1.165, 1.54) is 7.11 Å². The number of rotatable bonds is 5. The SMILES string of the molecule is C=C[C@H]1O[C@@H](COc2ccccc2)C[C@@H]1C(=O)OC. The van der Waals surface area contributed by atoms with Gasteiger partial charge in [-0.2, -0.15) is 0 Å². The van der Waals surface area contributed by atoms with Crippen molar-refractivity contribution in [2.45, 2.75) is 18.6 Å². The van der Waals surface area contributed by atoms with Crippen molar-refractivity contribution >= 4 is 5.97 Å². The smallest absolute Gasteiger partial charge is 0.311 e. The second-order valence-electron chi connectivity index (χ2n) is 4.45. The van der Waals surface area contributed by atoms with Gasteiger partial charge in [0, 0.05) is 0 Å². The molecular weight excluding hydrogens is 244 g/mol. The van der Waals surface area contributed by atoms with Crippen LogP contribution in [0.3, 0.4) is 0 Å². The van der Waals surface area contributed by atoms with Crippen LogP contribution < -0.4 is 4.74 Å². The van der Waals surface area contributed by atoms with E-state index in [0.717, 1.165) is 5.75 Å². The molecule has 1 aliphatic rings. The third-order valence-electron chi connectivity index (χ3n) is 3.18. The first-order valence-electron chi connectivity index (χ1n) is 6.28. The van der Waals surface area contributed by atoms with Crippen molar-refractivity contribution in [3.63, 3.8) is 0 Å². The van der Waals surface area contributed by atoms with Crippen LogP contribution in [-0.2, 0) is 14.3 Å². The summed E-state index contributed by atoms with van der Waals surface area (Å²) in [5.41, 5.74) is 0. The first-order chi connectivity index (χ1) is 9.24. The number of carbonyl (C=O) groups is 1. The molecular formula is C15H18O4. The molecule has 1 fully saturated rings. The number of hydrogen-bond donors (Lipinski definition) is 0. The van der Waals surface area contributed by atoms with Crippen molar-refractivity contribution in [3.05, 3.63) is 43.0 Å². The molecule has 0 aliphatic carbocycles. The fourth-order valence-corrected chi connectivity index (χ4v) is 2.20. The zero-order valence-electron chi connectivity index (χ0n) is 11.0. The van der Waals surface area contributed by atoms with Crippen LogP contribution in [0.5, 0.6) is 5.75 Å². The third-order valence-corrected chi connectivity index (χ3v) is 3.18. The van der Waals surface area contributed by atoms with Crippen molar-refractivity contribution in [2.24, 2.45) is 5.92 Å². The Morgan fingerprint density at radius 3 is 2.84 bits per heavy atom. The number of carbonyl (C=O) groups excluding carboxylic acids is 1. The monoisotopic (exact) mass is 262 g/mol. The third kappa shape index (κ3) is 3.35. The van der Waals surface area contributed by atoms with Crippen LogP contribution in [0.1, 0.15) is 6.42 Å². The van der Waals surface area contributed by atoms with Crippen molar-refractivity contribution in [2.75, 3.05) is 13.7 Å². The number of ether oxygens (including phenoxy) is 3. The minimum absolute atomic E-state index is 0.118. The molecule has 0 saturated carbocycles. The Morgan fingerprint density at radius 1 is 1.47 bits per heavy atom. The summed E-state index contributed by atoms with van der Waals surface area (Å²) >= 11 is 0. The molecule has 0 spiro atoms. The second-order valence-corrected chi connectivity index (χ2v) is 4.45. The summed E-state index contributed by atoms with van der Waals surface area (Å²) in [6, 6.07) is 9.53. The van der Waals surface area contributed by atoms with Crippen LogP contribution >= 0.6 is 0 Å². The Kier molecular flexibility index (Phi) is 4.58. The van der Waals surface area contributed by atoms with Gasteiger partial charge in [0.2, 0.25) is 0 Å². The van der Waals surface area contributed by atoms with Gasteiger partial charge in [0.15, 0.2) is 0 Å². The molecule has 0 bridgehead atoms. The molecule has 1 aromatic rings. The second kappa shape index (κ2) is 6.38. The molecule has 2 rings (SSSR count). The Morgan fingerprint density at radius 2 is 2.21 bits per heavy atom. The van der Waals surface area contributed by atoms with Gasteiger partial charge in [-0.1, -0.05) is 24.3 Å². The van der Waals surface area contributed by atoms with Crippen molar-refractivity contribution in [3.8, 4) is 5.75 Å². The quantitative estimate of drug-likeness (QED) is 0.603. The van der Waals surface area contributed by atoms with Gasteiger partial charge in [-0.25, -0.2) is 0 Å². The van der Waals surface area contributed by atoms with E-state index >= 15 is 0 Å². The van der Waals surface area contributed by atoms with Gasteiger partial charge in [-0.15, -0.1) is 6.58 Å². The van der Waals surface area contributed by atoms with Gasteiger partial charge < -0.3 is 14.2 Å². The van der Waals surface area contributed by atoms with E-state index in [2.05, 4.69) is 6.58 Å². The maximum Gasteiger partial charge on any atom is 0.311 e. The van der Waals surface area contributed by atoms with E-state index in [-0.39, 0.29) is 24.1 Å². The molecule has 0 aromatic heterocycles. The van der Waals surface area contributed by atoms with E-state index in [9.17, 15) is 4.79 Å². The topological polar surface area (TPSA) is 44.8 Å². The van der Waals surface area contributed by atoms with E-state index in [1.54, 1.807) is 6.08 Å². The van der Waals surface area contributed by atoms with Crippen LogP contribution in [0.4, 0.5) is 0 Å². The molecule has 4 heteroatoms. The molecule has 0 unspecified atom stereocenters. The zero-order chi connectivity index (χ0) is 13.7. The highest BCUT2D eigenvalue weighted by Gasteiger charge is 2.39. The lowest BCUT2D eigenvalue weighted by Gasteiger charge is -2.12. The van der Waals surface area contributed by atoms with Crippen LogP contribution in [-0.4, -0.2) is 31.9 Å². The molecule has 0 radical (unpaired) electrons. The van der Waals surface area contributed by atoms with Gasteiger partial charge >= 0.3 is 5.97 Å². The summed E-state index contributed by atoms with van der Waals surface area (Å²) in [6.45, 7) is 4.11. The molecule has 4 nitrogen and oxygen atoms in total. The minimum atomic E-state index is -0.295. The molecule has 1 saturated heterocycles. The van der Waals surface area contributed by atoms with Gasteiger partial charge in [-0.3, -0.25) is 4.79 Å². The number of benzene rings is 1. The normalized spacial score (nSPS) is 25.8. The van der Waals surface area contributed by atoms with Crippen LogP contribution in [0.15, 0.2) is 43.0 Å². The fraction of sp³-hybridized carbons (Fsp3) is 0.400. The van der Waals surface area contributed by atoms with Crippen molar-refractivity contribution in [1.29, 1.82) is 0 Å². The first-order valence-corrected chi connectivity index (χ1v) is 6.28. The van der Waals surface area contributed by atoms with E-state index in [4.69, 9.17) is 14.2 Å². The summed E-state index contributed by atoms with van der Waals surface area (Å²) in [7, 11) is 1.39. The highest BCUT2D eigenvalue weighted by Crippen LogP contribution is 2.28. The lowest BCUT2D eigenvalue weighted by Crippen LogP contribution is -2.23. The maximum absolute atomic E-state index is 11.6. The van der Waals surface area contributed by atoms with Crippen LogP contribution in [0, 0.1) is 5.92 Å². The lowest BCUT2D eigenvalue weighted by molar-refractivity contribution is -0.146. The lowest BCUT2D eigenvalue weighted by atomic mass is 10.00. The molecule has 3 atom stereocenters.